The number of rotatable bonds is 3. The minimum absolute atomic E-state index is 0.000779. The Morgan fingerprint density at radius 2 is 2.18 bits per heavy atom. The minimum atomic E-state index is -0.412. The van der Waals surface area contributed by atoms with Crippen LogP contribution in [0, 0.1) is 25.2 Å². The van der Waals surface area contributed by atoms with Crippen molar-refractivity contribution in [1.82, 2.24) is 10.2 Å². The molecule has 0 aliphatic carbocycles. The smallest absolute Gasteiger partial charge is 0.243 e. The van der Waals surface area contributed by atoms with Gasteiger partial charge in [-0.25, -0.2) is 0 Å². The van der Waals surface area contributed by atoms with E-state index in [4.69, 9.17) is 9.68 Å². The number of carbonyl (C=O) groups is 2. The maximum absolute atomic E-state index is 12.4. The molecule has 1 fully saturated rings. The summed E-state index contributed by atoms with van der Waals surface area (Å²) in [7, 11) is 0. The van der Waals surface area contributed by atoms with Gasteiger partial charge in [-0.3, -0.25) is 19.8 Å². The van der Waals surface area contributed by atoms with E-state index in [2.05, 4.69) is 10.6 Å². The number of nitrogens with one attached hydrogen (secondary N) is 2. The number of furan rings is 1. The summed E-state index contributed by atoms with van der Waals surface area (Å²) in [6, 6.07) is 1.64. The summed E-state index contributed by atoms with van der Waals surface area (Å²) in [6.45, 7) is 6.98. The third-order valence-electron chi connectivity index (χ3n) is 4.01. The highest BCUT2D eigenvalue weighted by Crippen LogP contribution is 2.25. The lowest BCUT2D eigenvalue weighted by atomic mass is 10.2. The van der Waals surface area contributed by atoms with Gasteiger partial charge in [0.25, 0.3) is 0 Å². The van der Waals surface area contributed by atoms with E-state index in [9.17, 15) is 9.59 Å². The Morgan fingerprint density at radius 3 is 2.86 bits per heavy atom. The zero-order valence-electron chi connectivity index (χ0n) is 13.0. The van der Waals surface area contributed by atoms with Crippen LogP contribution in [0.15, 0.2) is 4.42 Å². The van der Waals surface area contributed by atoms with Gasteiger partial charge in [-0.15, -0.1) is 0 Å². The average molecular weight is 304 g/mol. The molecule has 1 aliphatic rings. The fourth-order valence-electron chi connectivity index (χ4n) is 2.40. The van der Waals surface area contributed by atoms with Gasteiger partial charge in [-0.1, -0.05) is 0 Å². The predicted octanol–water partition coefficient (Wildman–Crippen LogP) is 0.917. The molecule has 22 heavy (non-hydrogen) atoms. The van der Waals surface area contributed by atoms with Gasteiger partial charge in [-0.2, -0.15) is 5.26 Å². The van der Waals surface area contributed by atoms with Gasteiger partial charge >= 0.3 is 0 Å². The lowest BCUT2D eigenvalue weighted by Gasteiger charge is -2.25. The lowest BCUT2D eigenvalue weighted by Crippen LogP contribution is -2.43. The molecule has 7 heteroatoms. The van der Waals surface area contributed by atoms with Crippen molar-refractivity contribution in [3.8, 4) is 6.07 Å². The molecule has 118 valence electrons. The fourth-order valence-corrected chi connectivity index (χ4v) is 2.40. The summed E-state index contributed by atoms with van der Waals surface area (Å²) in [5.74, 6) is 0.557. The largest absolute Gasteiger partial charge is 0.444 e. The van der Waals surface area contributed by atoms with Gasteiger partial charge in [-0.05, 0) is 20.8 Å². The first-order valence-electron chi connectivity index (χ1n) is 7.25. The SMILES string of the molecule is Cc1oc(NC(=O)[C@@H](C)N2CCNC(=O)CC2)c(C#N)c1C. The molecule has 1 aromatic rings. The van der Waals surface area contributed by atoms with Crippen LogP contribution in [-0.2, 0) is 9.59 Å². The van der Waals surface area contributed by atoms with Crippen molar-refractivity contribution < 1.29 is 14.0 Å². The van der Waals surface area contributed by atoms with Crippen LogP contribution < -0.4 is 10.6 Å². The lowest BCUT2D eigenvalue weighted by molar-refractivity contribution is -0.122. The van der Waals surface area contributed by atoms with Gasteiger partial charge in [0.1, 0.15) is 17.4 Å². The number of anilines is 1. The number of amides is 2. The Hall–Kier alpha value is -2.33. The van der Waals surface area contributed by atoms with E-state index in [0.717, 1.165) is 5.56 Å². The van der Waals surface area contributed by atoms with Crippen LogP contribution in [0.25, 0.3) is 0 Å². The Morgan fingerprint density at radius 1 is 1.45 bits per heavy atom. The number of nitrogens with zero attached hydrogens (tertiary/aromatic N) is 2. The molecule has 2 rings (SSSR count). The number of aryl methyl sites for hydroxylation is 1. The second-order valence-electron chi connectivity index (χ2n) is 5.40. The molecular weight excluding hydrogens is 284 g/mol. The van der Waals surface area contributed by atoms with Crippen LogP contribution in [0.5, 0.6) is 0 Å². The van der Waals surface area contributed by atoms with Crippen molar-refractivity contribution >= 4 is 17.7 Å². The van der Waals surface area contributed by atoms with Crippen LogP contribution in [-0.4, -0.2) is 42.4 Å². The van der Waals surface area contributed by atoms with Gasteiger partial charge in [0.15, 0.2) is 0 Å². The third-order valence-corrected chi connectivity index (χ3v) is 4.01. The maximum atomic E-state index is 12.4. The van der Waals surface area contributed by atoms with Crippen LogP contribution in [0.2, 0.25) is 0 Å². The molecule has 2 N–H and O–H groups in total. The van der Waals surface area contributed by atoms with Gasteiger partial charge < -0.3 is 9.73 Å². The van der Waals surface area contributed by atoms with Crippen molar-refractivity contribution in [3.05, 3.63) is 16.9 Å². The third kappa shape index (κ3) is 3.28. The van der Waals surface area contributed by atoms with Crippen LogP contribution in [0.1, 0.15) is 30.2 Å². The quantitative estimate of drug-likeness (QED) is 0.865. The molecule has 7 nitrogen and oxygen atoms in total. The van der Waals surface area contributed by atoms with Crippen LogP contribution in [0.3, 0.4) is 0 Å². The first-order chi connectivity index (χ1) is 10.4. The van der Waals surface area contributed by atoms with Crippen molar-refractivity contribution in [2.45, 2.75) is 33.2 Å². The molecule has 0 saturated carbocycles. The molecule has 0 aromatic carbocycles. The van der Waals surface area contributed by atoms with E-state index in [1.54, 1.807) is 20.8 Å². The van der Waals surface area contributed by atoms with Crippen LogP contribution >= 0.6 is 0 Å². The molecule has 1 aliphatic heterocycles. The highest BCUT2D eigenvalue weighted by molar-refractivity contribution is 5.94. The second kappa shape index (κ2) is 6.62. The van der Waals surface area contributed by atoms with E-state index in [0.29, 0.717) is 37.4 Å². The zero-order chi connectivity index (χ0) is 16.3. The summed E-state index contributed by atoms with van der Waals surface area (Å²) in [4.78, 5) is 25.6. The molecule has 2 amide bonds. The van der Waals surface area contributed by atoms with Crippen molar-refractivity contribution in [1.29, 1.82) is 5.26 Å². The Bertz CT molecular complexity index is 629. The average Bonchev–Trinajstić information content (AvgIpc) is 2.65. The standard InChI is InChI=1S/C15H20N4O3/c1-9-11(3)22-15(12(9)8-16)18-14(21)10(2)19-6-4-13(20)17-5-7-19/h10H,4-7H2,1-3H3,(H,17,20)(H,18,21)/t10-/m1/s1. The summed E-state index contributed by atoms with van der Waals surface area (Å²) in [5, 5.41) is 14.6. The Labute approximate surface area is 129 Å². The fraction of sp³-hybridized carbons (Fsp3) is 0.533. The first kappa shape index (κ1) is 16.0. The highest BCUT2D eigenvalue weighted by atomic mass is 16.4. The molecule has 2 heterocycles. The summed E-state index contributed by atoms with van der Waals surface area (Å²) in [6.07, 6.45) is 0.375. The van der Waals surface area contributed by atoms with Crippen LogP contribution in [0.4, 0.5) is 5.88 Å². The second-order valence-corrected chi connectivity index (χ2v) is 5.40. The number of hydrogen-bond acceptors (Lipinski definition) is 5. The van der Waals surface area contributed by atoms with Gasteiger partial charge in [0.05, 0.1) is 6.04 Å². The number of nitriles is 1. The van der Waals surface area contributed by atoms with E-state index in [1.807, 2.05) is 11.0 Å². The van der Waals surface area contributed by atoms with Gasteiger partial charge in [0.2, 0.25) is 17.7 Å². The van der Waals surface area contributed by atoms with E-state index in [-0.39, 0.29) is 17.7 Å². The summed E-state index contributed by atoms with van der Waals surface area (Å²) in [5.41, 5.74) is 1.08. The van der Waals surface area contributed by atoms with Crippen molar-refractivity contribution in [3.63, 3.8) is 0 Å². The van der Waals surface area contributed by atoms with E-state index >= 15 is 0 Å². The van der Waals surface area contributed by atoms with Crippen molar-refractivity contribution in [2.75, 3.05) is 25.0 Å². The molecule has 0 radical (unpaired) electrons. The van der Waals surface area contributed by atoms with Crippen molar-refractivity contribution in [2.24, 2.45) is 0 Å². The zero-order valence-corrected chi connectivity index (χ0v) is 13.0. The Kier molecular flexibility index (Phi) is 4.83. The highest BCUT2D eigenvalue weighted by Gasteiger charge is 2.26. The molecule has 1 saturated heterocycles. The Balaban J connectivity index is 2.07. The minimum Gasteiger partial charge on any atom is -0.444 e. The monoisotopic (exact) mass is 304 g/mol. The topological polar surface area (TPSA) is 98.4 Å². The number of carbonyl (C=O) groups excluding carboxylic acids is 2. The van der Waals surface area contributed by atoms with E-state index < -0.39 is 6.04 Å². The molecule has 1 aromatic heterocycles. The molecule has 0 bridgehead atoms. The maximum Gasteiger partial charge on any atom is 0.243 e. The van der Waals surface area contributed by atoms with Gasteiger partial charge in [0, 0.05) is 31.6 Å². The molecular formula is C15H20N4O3. The summed E-state index contributed by atoms with van der Waals surface area (Å²) < 4.78 is 5.45. The normalized spacial score (nSPS) is 17.3. The molecule has 1 atom stereocenters. The molecule has 0 spiro atoms. The first-order valence-corrected chi connectivity index (χ1v) is 7.25. The molecule has 0 unspecified atom stereocenters. The predicted molar refractivity (Wildman–Crippen MR) is 80.2 cm³/mol. The number of hydrogen-bond donors (Lipinski definition) is 2. The summed E-state index contributed by atoms with van der Waals surface area (Å²) >= 11 is 0. The van der Waals surface area contributed by atoms with E-state index in [1.165, 1.54) is 0 Å².